The molecule has 1 aromatic rings. The van der Waals surface area contributed by atoms with Gasteiger partial charge in [0.05, 0.1) is 11.5 Å². The number of hydrogen-bond acceptors (Lipinski definition) is 6. The van der Waals surface area contributed by atoms with Crippen LogP contribution in [0.25, 0.3) is 0 Å². The highest BCUT2D eigenvalue weighted by molar-refractivity contribution is 5.59. The third-order valence-electron chi connectivity index (χ3n) is 3.57. The molecular formula is C14H22N4O3. The van der Waals surface area contributed by atoms with Crippen LogP contribution >= 0.6 is 0 Å². The van der Waals surface area contributed by atoms with E-state index in [4.69, 9.17) is 4.74 Å². The van der Waals surface area contributed by atoms with Gasteiger partial charge in [-0.2, -0.15) is 0 Å². The lowest BCUT2D eigenvalue weighted by Gasteiger charge is -2.18. The lowest BCUT2D eigenvalue weighted by molar-refractivity contribution is -0.384. The lowest BCUT2D eigenvalue weighted by atomic mass is 10.2. The van der Waals surface area contributed by atoms with Crippen LogP contribution in [0.5, 0.6) is 0 Å². The quantitative estimate of drug-likeness (QED) is 0.490. The zero-order valence-electron chi connectivity index (χ0n) is 12.4. The first-order valence-electron chi connectivity index (χ1n) is 7.32. The zero-order valence-corrected chi connectivity index (χ0v) is 12.4. The smallest absolute Gasteiger partial charge is 0.314 e. The van der Waals surface area contributed by atoms with Crippen molar-refractivity contribution in [2.45, 2.75) is 19.8 Å². The normalized spacial score (nSPS) is 16.4. The molecule has 116 valence electrons. The van der Waals surface area contributed by atoms with E-state index in [1.807, 2.05) is 0 Å². The van der Waals surface area contributed by atoms with E-state index in [9.17, 15) is 10.1 Å². The molecule has 0 atom stereocenters. The Morgan fingerprint density at radius 3 is 3.14 bits per heavy atom. The Hall–Kier alpha value is -1.73. The molecule has 1 N–H and O–H groups in total. The molecule has 0 radical (unpaired) electrons. The van der Waals surface area contributed by atoms with E-state index < -0.39 is 0 Å². The number of nitrogens with one attached hydrogen (secondary N) is 1. The molecule has 7 nitrogen and oxygen atoms in total. The van der Waals surface area contributed by atoms with Crippen molar-refractivity contribution in [3.63, 3.8) is 0 Å². The predicted octanol–water partition coefficient (Wildman–Crippen LogP) is 1.82. The summed E-state index contributed by atoms with van der Waals surface area (Å²) in [6.07, 6.45) is 3.59. The summed E-state index contributed by atoms with van der Waals surface area (Å²) >= 11 is 0. The lowest BCUT2D eigenvalue weighted by Crippen LogP contribution is -2.28. The molecule has 0 spiro atoms. The second-order valence-corrected chi connectivity index (χ2v) is 5.17. The van der Waals surface area contributed by atoms with Crippen molar-refractivity contribution < 1.29 is 9.66 Å². The topological polar surface area (TPSA) is 80.5 Å². The highest BCUT2D eigenvalue weighted by Crippen LogP contribution is 2.25. The molecule has 1 fully saturated rings. The van der Waals surface area contributed by atoms with Crippen molar-refractivity contribution in [3.05, 3.63) is 27.9 Å². The van der Waals surface area contributed by atoms with Crippen molar-refractivity contribution in [1.82, 2.24) is 9.88 Å². The van der Waals surface area contributed by atoms with Gasteiger partial charge in [0.1, 0.15) is 0 Å². The molecule has 0 bridgehead atoms. The summed E-state index contributed by atoms with van der Waals surface area (Å²) in [5.41, 5.74) is 0.697. The number of pyridine rings is 1. The summed E-state index contributed by atoms with van der Waals surface area (Å²) < 4.78 is 5.41. The second kappa shape index (κ2) is 7.90. The first kappa shape index (κ1) is 15.7. The van der Waals surface area contributed by atoms with Crippen molar-refractivity contribution in [3.8, 4) is 0 Å². The number of hydrogen-bond donors (Lipinski definition) is 1. The highest BCUT2D eigenvalue weighted by Gasteiger charge is 2.18. The molecule has 21 heavy (non-hydrogen) atoms. The first-order chi connectivity index (χ1) is 10.2. The van der Waals surface area contributed by atoms with Gasteiger partial charge in [0.2, 0.25) is 5.82 Å². The van der Waals surface area contributed by atoms with Gasteiger partial charge in [-0.1, -0.05) is 0 Å². The summed E-state index contributed by atoms with van der Waals surface area (Å²) in [6, 6.07) is 1.65. The molecule has 0 aromatic carbocycles. The summed E-state index contributed by atoms with van der Waals surface area (Å²) in [7, 11) is 0. The van der Waals surface area contributed by atoms with Gasteiger partial charge in [0.25, 0.3) is 0 Å². The predicted molar refractivity (Wildman–Crippen MR) is 80.6 cm³/mol. The minimum absolute atomic E-state index is 0.0701. The maximum absolute atomic E-state index is 11.1. The monoisotopic (exact) mass is 294 g/mol. The number of ether oxygens (including phenoxy) is 1. The fraction of sp³-hybridized carbons (Fsp3) is 0.643. The van der Waals surface area contributed by atoms with Gasteiger partial charge in [-0.25, -0.2) is 4.98 Å². The minimum Gasteiger partial charge on any atom is -0.380 e. The molecule has 0 saturated carbocycles. The number of nitro groups is 1. The fourth-order valence-electron chi connectivity index (χ4n) is 2.44. The number of aromatic nitrogens is 1. The molecular weight excluding hydrogens is 272 g/mol. The van der Waals surface area contributed by atoms with Crippen molar-refractivity contribution >= 4 is 11.5 Å². The summed E-state index contributed by atoms with van der Waals surface area (Å²) in [5.74, 6) is 0.360. The van der Waals surface area contributed by atoms with Crippen LogP contribution in [0.15, 0.2) is 12.3 Å². The largest absolute Gasteiger partial charge is 0.380 e. The fourth-order valence-corrected chi connectivity index (χ4v) is 2.44. The maximum atomic E-state index is 11.1. The number of nitrogens with zero attached hydrogens (tertiary/aromatic N) is 3. The average molecular weight is 294 g/mol. The molecule has 1 aliphatic rings. The van der Waals surface area contributed by atoms with Crippen LogP contribution in [0, 0.1) is 17.0 Å². The van der Waals surface area contributed by atoms with E-state index in [1.54, 1.807) is 19.2 Å². The Morgan fingerprint density at radius 1 is 1.48 bits per heavy atom. The molecule has 1 aliphatic heterocycles. The van der Waals surface area contributed by atoms with Crippen LogP contribution in [0.1, 0.15) is 18.4 Å². The number of anilines is 1. The van der Waals surface area contributed by atoms with Crippen molar-refractivity contribution in [1.29, 1.82) is 0 Å². The van der Waals surface area contributed by atoms with Gasteiger partial charge >= 0.3 is 5.69 Å². The minimum atomic E-state index is -0.378. The molecule has 0 unspecified atom stereocenters. The first-order valence-corrected chi connectivity index (χ1v) is 7.32. The molecule has 1 aromatic heterocycles. The maximum Gasteiger partial charge on any atom is 0.314 e. The number of rotatable bonds is 6. The second-order valence-electron chi connectivity index (χ2n) is 5.17. The molecule has 0 amide bonds. The van der Waals surface area contributed by atoms with E-state index in [1.165, 1.54) is 0 Å². The van der Waals surface area contributed by atoms with Gasteiger partial charge in [-0.15, -0.1) is 0 Å². The van der Waals surface area contributed by atoms with Crippen LogP contribution in [0.4, 0.5) is 11.5 Å². The molecule has 7 heteroatoms. The molecule has 1 saturated heterocycles. The third-order valence-corrected chi connectivity index (χ3v) is 3.57. The number of aryl methyl sites for hydroxylation is 1. The highest BCUT2D eigenvalue weighted by atomic mass is 16.6. The van der Waals surface area contributed by atoms with Gasteiger partial charge in [-0.05, 0) is 32.4 Å². The van der Waals surface area contributed by atoms with E-state index in [0.29, 0.717) is 17.9 Å². The zero-order chi connectivity index (χ0) is 15.1. The Bertz CT molecular complexity index is 473. The Morgan fingerprint density at radius 2 is 2.33 bits per heavy atom. The SMILES string of the molecule is Cc1ccnc(NCCCN2CCCOCC2)c1[N+](=O)[O-]. The van der Waals surface area contributed by atoms with E-state index in [0.717, 1.165) is 45.7 Å². The van der Waals surface area contributed by atoms with Crippen molar-refractivity contribution in [2.75, 3.05) is 44.7 Å². The van der Waals surface area contributed by atoms with E-state index >= 15 is 0 Å². The summed E-state index contributed by atoms with van der Waals surface area (Å²) in [4.78, 5) is 17.1. The molecule has 0 aliphatic carbocycles. The van der Waals surface area contributed by atoms with Gasteiger partial charge in [0, 0.05) is 38.0 Å². The van der Waals surface area contributed by atoms with E-state index in [-0.39, 0.29) is 10.6 Å². The van der Waals surface area contributed by atoms with Gasteiger partial charge in [-0.3, -0.25) is 10.1 Å². The Kier molecular flexibility index (Phi) is 5.89. The van der Waals surface area contributed by atoms with Gasteiger partial charge < -0.3 is 15.0 Å². The van der Waals surface area contributed by atoms with Crippen LogP contribution in [-0.2, 0) is 4.74 Å². The van der Waals surface area contributed by atoms with Crippen LogP contribution in [-0.4, -0.2) is 54.2 Å². The molecule has 2 heterocycles. The Balaban J connectivity index is 1.80. The molecule has 2 rings (SSSR count). The van der Waals surface area contributed by atoms with Gasteiger partial charge in [0.15, 0.2) is 0 Å². The standard InChI is InChI=1S/C14H22N4O3/c1-12-4-6-16-14(13(12)18(19)20)15-5-2-7-17-8-3-10-21-11-9-17/h4,6H,2-3,5,7-11H2,1H3,(H,15,16). The van der Waals surface area contributed by atoms with Crippen molar-refractivity contribution in [2.24, 2.45) is 0 Å². The summed E-state index contributed by atoms with van der Waals surface area (Å²) in [5, 5.41) is 14.1. The van der Waals surface area contributed by atoms with Crippen LogP contribution in [0.2, 0.25) is 0 Å². The Labute approximate surface area is 124 Å². The third kappa shape index (κ3) is 4.64. The van der Waals surface area contributed by atoms with Crippen LogP contribution < -0.4 is 5.32 Å². The average Bonchev–Trinajstić information content (AvgIpc) is 2.72. The summed E-state index contributed by atoms with van der Waals surface area (Å²) in [6.45, 7) is 7.02. The van der Waals surface area contributed by atoms with E-state index in [2.05, 4.69) is 15.2 Å². The van der Waals surface area contributed by atoms with Crippen LogP contribution in [0.3, 0.4) is 0 Å².